The predicted molar refractivity (Wildman–Crippen MR) is 110 cm³/mol. The Morgan fingerprint density at radius 3 is 2.67 bits per heavy atom. The molecule has 1 aromatic heterocycles. The fourth-order valence-corrected chi connectivity index (χ4v) is 4.53. The van der Waals surface area contributed by atoms with Gasteiger partial charge in [-0.3, -0.25) is 9.36 Å². The quantitative estimate of drug-likeness (QED) is 0.373. The molecule has 2 N–H and O–H groups in total. The topological polar surface area (TPSA) is 95.1 Å². The SMILES string of the molecule is Cc1ccccc1-n1c(SCCCS(N)(=O)=O)nc2cc(Cl)ccc2c1=O. The minimum atomic E-state index is -3.52. The first-order valence-electron chi connectivity index (χ1n) is 8.18. The second-order valence-electron chi connectivity index (χ2n) is 6.05. The van der Waals surface area contributed by atoms with Crippen LogP contribution < -0.4 is 10.7 Å². The molecule has 2 aromatic carbocycles. The fourth-order valence-electron chi connectivity index (χ4n) is 2.69. The highest BCUT2D eigenvalue weighted by Crippen LogP contribution is 2.24. The van der Waals surface area contributed by atoms with Gasteiger partial charge in [-0.1, -0.05) is 41.6 Å². The van der Waals surface area contributed by atoms with Gasteiger partial charge in [0.25, 0.3) is 5.56 Å². The van der Waals surface area contributed by atoms with Gasteiger partial charge in [0.05, 0.1) is 22.3 Å². The van der Waals surface area contributed by atoms with Crippen molar-refractivity contribution in [3.8, 4) is 5.69 Å². The van der Waals surface area contributed by atoms with Crippen LogP contribution in [0.4, 0.5) is 0 Å². The Kier molecular flexibility index (Phi) is 5.90. The van der Waals surface area contributed by atoms with Crippen LogP contribution in [0.5, 0.6) is 0 Å². The van der Waals surface area contributed by atoms with E-state index in [4.69, 9.17) is 16.7 Å². The lowest BCUT2D eigenvalue weighted by molar-refractivity contribution is 0.596. The van der Waals surface area contributed by atoms with E-state index in [-0.39, 0.29) is 11.3 Å². The number of sulfonamides is 1. The molecule has 0 saturated heterocycles. The van der Waals surface area contributed by atoms with Gasteiger partial charge in [0.15, 0.2) is 5.16 Å². The van der Waals surface area contributed by atoms with Crippen LogP contribution in [0.2, 0.25) is 5.02 Å². The van der Waals surface area contributed by atoms with E-state index in [1.165, 1.54) is 11.8 Å². The zero-order chi connectivity index (χ0) is 19.6. The number of aryl methyl sites for hydroxylation is 1. The predicted octanol–water partition coefficient (Wildman–Crippen LogP) is 3.12. The number of para-hydroxylation sites is 1. The number of aromatic nitrogens is 2. The Balaban J connectivity index is 2.10. The summed E-state index contributed by atoms with van der Waals surface area (Å²) < 4.78 is 23.8. The van der Waals surface area contributed by atoms with Gasteiger partial charge in [0.1, 0.15) is 0 Å². The Morgan fingerprint density at radius 2 is 1.96 bits per heavy atom. The third-order valence-electron chi connectivity index (χ3n) is 3.96. The van der Waals surface area contributed by atoms with E-state index in [1.807, 2.05) is 31.2 Å². The fraction of sp³-hybridized carbons (Fsp3) is 0.222. The summed E-state index contributed by atoms with van der Waals surface area (Å²) in [5.41, 5.74) is 1.98. The van der Waals surface area contributed by atoms with E-state index in [0.717, 1.165) is 11.3 Å². The number of fused-ring (bicyclic) bond motifs is 1. The summed E-state index contributed by atoms with van der Waals surface area (Å²) in [5.74, 6) is 0.342. The molecule has 0 aliphatic rings. The summed E-state index contributed by atoms with van der Waals surface area (Å²) >= 11 is 7.36. The van der Waals surface area contributed by atoms with Crippen molar-refractivity contribution >= 4 is 44.3 Å². The zero-order valence-electron chi connectivity index (χ0n) is 14.6. The van der Waals surface area contributed by atoms with Crippen molar-refractivity contribution in [3.63, 3.8) is 0 Å². The van der Waals surface area contributed by atoms with Crippen LogP contribution in [-0.2, 0) is 10.0 Å². The number of halogens is 1. The van der Waals surface area contributed by atoms with Crippen molar-refractivity contribution < 1.29 is 8.42 Å². The van der Waals surface area contributed by atoms with Gasteiger partial charge in [-0.25, -0.2) is 18.5 Å². The summed E-state index contributed by atoms with van der Waals surface area (Å²) in [6, 6.07) is 12.5. The number of primary sulfonamides is 1. The number of nitrogens with zero attached hydrogens (tertiary/aromatic N) is 2. The van der Waals surface area contributed by atoms with Gasteiger partial charge < -0.3 is 0 Å². The molecule has 9 heteroatoms. The molecule has 27 heavy (non-hydrogen) atoms. The van der Waals surface area contributed by atoms with E-state index in [1.54, 1.807) is 22.8 Å². The summed E-state index contributed by atoms with van der Waals surface area (Å²) in [5, 5.41) is 6.50. The van der Waals surface area contributed by atoms with Gasteiger partial charge in [0, 0.05) is 10.8 Å². The molecule has 0 radical (unpaired) electrons. The molecule has 0 aliphatic heterocycles. The number of thioether (sulfide) groups is 1. The van der Waals surface area contributed by atoms with Crippen LogP contribution in [0.15, 0.2) is 52.4 Å². The smallest absolute Gasteiger partial charge is 0.266 e. The van der Waals surface area contributed by atoms with E-state index < -0.39 is 10.0 Å². The minimum Gasteiger partial charge on any atom is -0.268 e. The molecule has 142 valence electrons. The van der Waals surface area contributed by atoms with Crippen LogP contribution in [0.1, 0.15) is 12.0 Å². The number of benzene rings is 2. The Labute approximate surface area is 166 Å². The van der Waals surface area contributed by atoms with Crippen molar-refractivity contribution in [1.29, 1.82) is 0 Å². The highest BCUT2D eigenvalue weighted by atomic mass is 35.5. The Bertz CT molecular complexity index is 1160. The maximum Gasteiger partial charge on any atom is 0.266 e. The molecule has 0 amide bonds. The largest absolute Gasteiger partial charge is 0.268 e. The van der Waals surface area contributed by atoms with Gasteiger partial charge in [-0.05, 0) is 43.2 Å². The van der Waals surface area contributed by atoms with Crippen molar-refractivity contribution in [2.45, 2.75) is 18.5 Å². The number of hydrogen-bond donors (Lipinski definition) is 1. The number of hydrogen-bond acceptors (Lipinski definition) is 5. The van der Waals surface area contributed by atoms with Crippen molar-refractivity contribution in [2.75, 3.05) is 11.5 Å². The summed E-state index contributed by atoms with van der Waals surface area (Å²) in [6.45, 7) is 1.92. The van der Waals surface area contributed by atoms with E-state index in [2.05, 4.69) is 4.98 Å². The van der Waals surface area contributed by atoms with E-state index >= 15 is 0 Å². The molecule has 0 bridgehead atoms. The van der Waals surface area contributed by atoms with Crippen LogP contribution in [0, 0.1) is 6.92 Å². The zero-order valence-corrected chi connectivity index (χ0v) is 16.9. The molecule has 3 rings (SSSR count). The Hall–Kier alpha value is -1.87. The second kappa shape index (κ2) is 8.02. The molecular weight excluding hydrogens is 406 g/mol. The van der Waals surface area contributed by atoms with Crippen LogP contribution in [-0.4, -0.2) is 29.5 Å². The third-order valence-corrected chi connectivity index (χ3v) is 6.08. The molecule has 1 heterocycles. The normalized spacial score (nSPS) is 11.8. The van der Waals surface area contributed by atoms with Gasteiger partial charge >= 0.3 is 0 Å². The van der Waals surface area contributed by atoms with Gasteiger partial charge in [0.2, 0.25) is 10.0 Å². The lowest BCUT2D eigenvalue weighted by Crippen LogP contribution is -2.22. The van der Waals surface area contributed by atoms with Crippen molar-refractivity contribution in [3.05, 3.63) is 63.4 Å². The highest BCUT2D eigenvalue weighted by molar-refractivity contribution is 7.99. The molecule has 0 fully saturated rings. The summed E-state index contributed by atoms with van der Waals surface area (Å²) in [7, 11) is -3.52. The summed E-state index contributed by atoms with van der Waals surface area (Å²) in [6.07, 6.45) is 0.362. The first-order valence-corrected chi connectivity index (χ1v) is 11.3. The molecule has 0 unspecified atom stereocenters. The monoisotopic (exact) mass is 423 g/mol. The van der Waals surface area contributed by atoms with Gasteiger partial charge in [-0.15, -0.1) is 0 Å². The van der Waals surface area contributed by atoms with Gasteiger partial charge in [-0.2, -0.15) is 0 Å². The molecule has 0 spiro atoms. The lowest BCUT2D eigenvalue weighted by atomic mass is 10.2. The van der Waals surface area contributed by atoms with E-state index in [0.29, 0.717) is 33.3 Å². The van der Waals surface area contributed by atoms with Crippen molar-refractivity contribution in [1.82, 2.24) is 9.55 Å². The average Bonchev–Trinajstić information content (AvgIpc) is 2.59. The average molecular weight is 424 g/mol. The first kappa shape index (κ1) is 19.9. The maximum absolute atomic E-state index is 13.2. The molecule has 0 atom stereocenters. The molecule has 3 aromatic rings. The number of rotatable bonds is 6. The van der Waals surface area contributed by atoms with Crippen LogP contribution in [0.25, 0.3) is 16.6 Å². The molecule has 0 aliphatic carbocycles. The summed E-state index contributed by atoms with van der Waals surface area (Å²) in [4.78, 5) is 17.8. The second-order valence-corrected chi connectivity index (χ2v) is 9.28. The maximum atomic E-state index is 13.2. The first-order chi connectivity index (χ1) is 12.8. The molecule has 0 saturated carbocycles. The molecule has 6 nitrogen and oxygen atoms in total. The number of nitrogens with two attached hydrogens (primary N) is 1. The highest BCUT2D eigenvalue weighted by Gasteiger charge is 2.15. The Morgan fingerprint density at radius 1 is 1.22 bits per heavy atom. The van der Waals surface area contributed by atoms with Crippen molar-refractivity contribution in [2.24, 2.45) is 5.14 Å². The minimum absolute atomic E-state index is 0.117. The molecular formula is C18H18ClN3O3S2. The van der Waals surface area contributed by atoms with Crippen LogP contribution in [0.3, 0.4) is 0 Å². The standard InChI is InChI=1S/C18H18ClN3O3S2/c1-12-5-2-3-6-16(12)22-17(23)14-8-7-13(19)11-15(14)21-18(22)26-9-4-10-27(20,24)25/h2-3,5-8,11H,4,9-10H2,1H3,(H2,20,24,25). The third kappa shape index (κ3) is 4.70. The lowest BCUT2D eigenvalue weighted by Gasteiger charge is -2.15. The van der Waals surface area contributed by atoms with Crippen LogP contribution >= 0.6 is 23.4 Å². The van der Waals surface area contributed by atoms with E-state index in [9.17, 15) is 13.2 Å².